The summed E-state index contributed by atoms with van der Waals surface area (Å²) in [5.41, 5.74) is 2.15. The molecule has 0 saturated heterocycles. The minimum absolute atomic E-state index is 0.268. The Morgan fingerprint density at radius 2 is 2.19 bits per heavy atom. The highest BCUT2D eigenvalue weighted by atomic mass is 16.4. The van der Waals surface area contributed by atoms with Crippen molar-refractivity contribution in [3.8, 4) is 0 Å². The second-order valence-corrected chi connectivity index (χ2v) is 6.23. The van der Waals surface area contributed by atoms with Crippen molar-refractivity contribution in [2.75, 3.05) is 20.6 Å². The predicted octanol–water partition coefficient (Wildman–Crippen LogP) is 2.73. The van der Waals surface area contributed by atoms with Crippen LogP contribution in [0.2, 0.25) is 0 Å². The van der Waals surface area contributed by atoms with Gasteiger partial charge in [-0.05, 0) is 52.1 Å². The lowest BCUT2D eigenvalue weighted by Gasteiger charge is -2.21. The van der Waals surface area contributed by atoms with E-state index in [2.05, 4.69) is 30.5 Å². The third kappa shape index (κ3) is 2.65. The summed E-state index contributed by atoms with van der Waals surface area (Å²) in [6, 6.07) is 5.48. The van der Waals surface area contributed by atoms with E-state index in [0.29, 0.717) is 11.5 Å². The summed E-state index contributed by atoms with van der Waals surface area (Å²) in [6.45, 7) is 3.07. The smallest absolute Gasteiger partial charge is 0.335 e. The van der Waals surface area contributed by atoms with Gasteiger partial charge >= 0.3 is 5.97 Å². The van der Waals surface area contributed by atoms with Crippen LogP contribution in [0.25, 0.3) is 11.0 Å². The van der Waals surface area contributed by atoms with E-state index in [0.717, 1.165) is 23.4 Å². The number of carboxylic acid groups (broad SMARTS) is 1. The van der Waals surface area contributed by atoms with Crippen LogP contribution in [0.15, 0.2) is 18.2 Å². The van der Waals surface area contributed by atoms with Gasteiger partial charge in [-0.15, -0.1) is 0 Å². The first-order valence-electron chi connectivity index (χ1n) is 7.37. The van der Waals surface area contributed by atoms with Crippen molar-refractivity contribution in [1.82, 2.24) is 14.5 Å². The molecule has 1 heterocycles. The zero-order valence-electron chi connectivity index (χ0n) is 12.7. The molecule has 1 fully saturated rings. The molecule has 5 heteroatoms. The van der Waals surface area contributed by atoms with E-state index in [1.165, 1.54) is 12.8 Å². The number of hydrogen-bond acceptors (Lipinski definition) is 3. The first-order chi connectivity index (χ1) is 9.97. The van der Waals surface area contributed by atoms with Crippen molar-refractivity contribution < 1.29 is 9.90 Å². The van der Waals surface area contributed by atoms with Gasteiger partial charge in [-0.25, -0.2) is 9.78 Å². The van der Waals surface area contributed by atoms with Gasteiger partial charge in [-0.2, -0.15) is 0 Å². The van der Waals surface area contributed by atoms with E-state index in [9.17, 15) is 9.90 Å². The first-order valence-corrected chi connectivity index (χ1v) is 7.37. The molecule has 5 nitrogen and oxygen atoms in total. The molecule has 21 heavy (non-hydrogen) atoms. The molecule has 112 valence electrons. The van der Waals surface area contributed by atoms with Gasteiger partial charge in [0.25, 0.3) is 0 Å². The Balaban J connectivity index is 2.14. The van der Waals surface area contributed by atoms with Crippen molar-refractivity contribution >= 4 is 17.0 Å². The van der Waals surface area contributed by atoms with Gasteiger partial charge in [-0.3, -0.25) is 0 Å². The number of carboxylic acids is 1. The van der Waals surface area contributed by atoms with Crippen LogP contribution >= 0.6 is 0 Å². The lowest BCUT2D eigenvalue weighted by Crippen LogP contribution is -2.23. The third-order valence-electron chi connectivity index (χ3n) is 3.98. The fraction of sp³-hybridized carbons (Fsp3) is 0.500. The first kappa shape index (κ1) is 14.1. The molecule has 2 aromatic rings. The average Bonchev–Trinajstić information content (AvgIpc) is 3.17. The van der Waals surface area contributed by atoms with Crippen molar-refractivity contribution in [3.63, 3.8) is 0 Å². The molecule has 0 amide bonds. The normalized spacial score (nSPS) is 16.6. The molecule has 0 aliphatic heterocycles. The molecule has 0 radical (unpaired) electrons. The summed E-state index contributed by atoms with van der Waals surface area (Å²) in [6.07, 6.45) is 2.37. The summed E-state index contributed by atoms with van der Waals surface area (Å²) >= 11 is 0. The Labute approximate surface area is 124 Å². The SMILES string of the molecule is CC(CN(C)C)n1c(C2CC2)nc2ccc(C(=O)O)cc21. The van der Waals surface area contributed by atoms with Gasteiger partial charge in [0.1, 0.15) is 5.82 Å². The fourth-order valence-electron chi connectivity index (χ4n) is 2.95. The number of carbonyl (C=O) groups is 1. The van der Waals surface area contributed by atoms with E-state index in [-0.39, 0.29) is 6.04 Å². The van der Waals surface area contributed by atoms with Crippen LogP contribution < -0.4 is 0 Å². The molecular formula is C16H21N3O2. The fourth-order valence-corrected chi connectivity index (χ4v) is 2.95. The minimum Gasteiger partial charge on any atom is -0.478 e. The zero-order valence-corrected chi connectivity index (χ0v) is 12.7. The largest absolute Gasteiger partial charge is 0.478 e. The number of likely N-dealkylation sites (N-methyl/N-ethyl adjacent to an activating group) is 1. The summed E-state index contributed by atoms with van der Waals surface area (Å²) in [4.78, 5) is 18.1. The van der Waals surface area contributed by atoms with E-state index in [1.54, 1.807) is 12.1 Å². The summed E-state index contributed by atoms with van der Waals surface area (Å²) in [5.74, 6) is 0.759. The lowest BCUT2D eigenvalue weighted by atomic mass is 10.2. The Kier molecular flexibility index (Phi) is 3.45. The van der Waals surface area contributed by atoms with Crippen molar-refractivity contribution in [2.45, 2.75) is 31.7 Å². The lowest BCUT2D eigenvalue weighted by molar-refractivity contribution is 0.0697. The monoisotopic (exact) mass is 287 g/mol. The van der Waals surface area contributed by atoms with Gasteiger partial charge in [0, 0.05) is 18.5 Å². The molecule has 0 spiro atoms. The Morgan fingerprint density at radius 1 is 1.48 bits per heavy atom. The molecule has 1 aromatic heterocycles. The number of hydrogen-bond donors (Lipinski definition) is 1. The molecule has 0 bridgehead atoms. The van der Waals surface area contributed by atoms with Crippen LogP contribution in [0.5, 0.6) is 0 Å². The van der Waals surface area contributed by atoms with E-state index in [1.807, 2.05) is 6.07 Å². The highest BCUT2D eigenvalue weighted by molar-refractivity contribution is 5.92. The maximum Gasteiger partial charge on any atom is 0.335 e. The van der Waals surface area contributed by atoms with E-state index in [4.69, 9.17) is 4.98 Å². The maximum absolute atomic E-state index is 11.2. The number of rotatable bonds is 5. The quantitative estimate of drug-likeness (QED) is 0.918. The molecule has 1 aliphatic rings. The Bertz CT molecular complexity index is 686. The zero-order chi connectivity index (χ0) is 15.1. The highest BCUT2D eigenvalue weighted by Crippen LogP contribution is 2.41. The van der Waals surface area contributed by atoms with Crippen LogP contribution in [0.4, 0.5) is 0 Å². The van der Waals surface area contributed by atoms with Gasteiger partial charge in [0.05, 0.1) is 16.6 Å². The Morgan fingerprint density at radius 3 is 2.76 bits per heavy atom. The average molecular weight is 287 g/mol. The van der Waals surface area contributed by atoms with E-state index >= 15 is 0 Å². The van der Waals surface area contributed by atoms with Crippen LogP contribution in [0.1, 0.15) is 47.9 Å². The molecule has 1 unspecified atom stereocenters. The number of aromatic carboxylic acids is 1. The van der Waals surface area contributed by atoms with Crippen molar-refractivity contribution in [1.29, 1.82) is 0 Å². The van der Waals surface area contributed by atoms with Crippen molar-refractivity contribution in [3.05, 3.63) is 29.6 Å². The van der Waals surface area contributed by atoms with Crippen LogP contribution in [0.3, 0.4) is 0 Å². The van der Waals surface area contributed by atoms with E-state index < -0.39 is 5.97 Å². The second kappa shape index (κ2) is 5.15. The second-order valence-electron chi connectivity index (χ2n) is 6.23. The van der Waals surface area contributed by atoms with Gasteiger partial charge < -0.3 is 14.6 Å². The number of imidazole rings is 1. The van der Waals surface area contributed by atoms with Gasteiger partial charge in [-0.1, -0.05) is 0 Å². The molecule has 3 rings (SSSR count). The summed E-state index contributed by atoms with van der Waals surface area (Å²) < 4.78 is 2.24. The minimum atomic E-state index is -0.891. The molecular weight excluding hydrogens is 266 g/mol. The number of benzene rings is 1. The topological polar surface area (TPSA) is 58.4 Å². The van der Waals surface area contributed by atoms with Crippen LogP contribution in [-0.2, 0) is 0 Å². The van der Waals surface area contributed by atoms with Gasteiger partial charge in [0.15, 0.2) is 0 Å². The highest BCUT2D eigenvalue weighted by Gasteiger charge is 2.31. The molecule has 1 N–H and O–H groups in total. The summed E-state index contributed by atoms with van der Waals surface area (Å²) in [5, 5.41) is 9.21. The van der Waals surface area contributed by atoms with Crippen LogP contribution in [0, 0.1) is 0 Å². The van der Waals surface area contributed by atoms with Gasteiger partial charge in [0.2, 0.25) is 0 Å². The third-order valence-corrected chi connectivity index (χ3v) is 3.98. The Hall–Kier alpha value is -1.88. The number of nitrogens with zero attached hydrogens (tertiary/aromatic N) is 3. The molecule has 1 atom stereocenters. The van der Waals surface area contributed by atoms with Crippen LogP contribution in [-0.4, -0.2) is 46.2 Å². The van der Waals surface area contributed by atoms with Crippen molar-refractivity contribution in [2.24, 2.45) is 0 Å². The number of fused-ring (bicyclic) bond motifs is 1. The molecule has 1 saturated carbocycles. The maximum atomic E-state index is 11.2. The predicted molar refractivity (Wildman–Crippen MR) is 81.9 cm³/mol. The summed E-state index contributed by atoms with van der Waals surface area (Å²) in [7, 11) is 4.10. The standard InChI is InChI=1S/C16H21N3O2/c1-10(9-18(2)3)19-14-8-12(16(20)21)6-7-13(14)17-15(19)11-4-5-11/h6-8,10-11H,4-5,9H2,1-3H3,(H,20,21). The molecule has 1 aromatic carbocycles. The number of aromatic nitrogens is 2. The molecule has 1 aliphatic carbocycles.